The fourth-order valence-electron chi connectivity index (χ4n) is 2.18. The van der Waals surface area contributed by atoms with E-state index >= 15 is 0 Å². The van der Waals surface area contributed by atoms with Gasteiger partial charge in [-0.3, -0.25) is 4.79 Å². The number of methoxy groups -OCH3 is 1. The van der Waals surface area contributed by atoms with Gasteiger partial charge in [0.05, 0.1) is 19.5 Å². The van der Waals surface area contributed by atoms with Gasteiger partial charge in [0.1, 0.15) is 17.3 Å². The van der Waals surface area contributed by atoms with Crippen LogP contribution in [0.25, 0.3) is 0 Å². The van der Waals surface area contributed by atoms with Gasteiger partial charge < -0.3 is 20.3 Å². The van der Waals surface area contributed by atoms with E-state index in [1.54, 1.807) is 13.3 Å². The van der Waals surface area contributed by atoms with Crippen LogP contribution in [0.3, 0.4) is 0 Å². The minimum Gasteiger partial charge on any atom is -0.497 e. The molecule has 0 saturated heterocycles. The van der Waals surface area contributed by atoms with Crippen molar-refractivity contribution in [1.82, 2.24) is 20.2 Å². The Kier molecular flexibility index (Phi) is 7.16. The van der Waals surface area contributed by atoms with Crippen molar-refractivity contribution in [3.63, 3.8) is 0 Å². The molecule has 1 aromatic carbocycles. The van der Waals surface area contributed by atoms with Gasteiger partial charge in [-0.15, -0.1) is 0 Å². The van der Waals surface area contributed by atoms with Crippen LogP contribution in [0.2, 0.25) is 0 Å². The van der Waals surface area contributed by atoms with Gasteiger partial charge in [-0.25, -0.2) is 9.97 Å². The third-order valence-electron chi connectivity index (χ3n) is 3.58. The molecule has 25 heavy (non-hydrogen) atoms. The zero-order valence-corrected chi connectivity index (χ0v) is 15.0. The number of hydrogen-bond donors (Lipinski definition) is 2. The Bertz CT molecular complexity index is 673. The Hall–Kier alpha value is -2.67. The van der Waals surface area contributed by atoms with E-state index in [9.17, 15) is 4.79 Å². The summed E-state index contributed by atoms with van der Waals surface area (Å²) in [7, 11) is 5.65. The molecule has 0 atom stereocenters. The van der Waals surface area contributed by atoms with E-state index in [0.29, 0.717) is 18.1 Å². The van der Waals surface area contributed by atoms with Crippen LogP contribution >= 0.6 is 0 Å². The molecule has 2 rings (SSSR count). The summed E-state index contributed by atoms with van der Waals surface area (Å²) in [6, 6.07) is 7.79. The summed E-state index contributed by atoms with van der Waals surface area (Å²) in [6.07, 6.45) is 3.78. The fraction of sp³-hybridized carbons (Fsp3) is 0.389. The zero-order chi connectivity index (χ0) is 18.1. The predicted molar refractivity (Wildman–Crippen MR) is 98.1 cm³/mol. The van der Waals surface area contributed by atoms with E-state index < -0.39 is 0 Å². The highest BCUT2D eigenvalue weighted by molar-refractivity contribution is 5.91. The second-order valence-corrected chi connectivity index (χ2v) is 5.87. The smallest absolute Gasteiger partial charge is 0.271 e. The summed E-state index contributed by atoms with van der Waals surface area (Å²) in [5.74, 6) is 1.25. The number of rotatable bonds is 9. The number of carbonyl (C=O) groups excluding carboxylic acids is 1. The summed E-state index contributed by atoms with van der Waals surface area (Å²) in [6.45, 7) is 2.19. The number of benzene rings is 1. The molecule has 0 aliphatic carbocycles. The summed E-state index contributed by atoms with van der Waals surface area (Å²) >= 11 is 0. The van der Waals surface area contributed by atoms with Crippen LogP contribution in [0.15, 0.2) is 36.7 Å². The molecule has 7 heteroatoms. The first-order chi connectivity index (χ1) is 12.1. The second-order valence-electron chi connectivity index (χ2n) is 5.87. The molecular formula is C18H25N5O2. The van der Waals surface area contributed by atoms with Crippen molar-refractivity contribution >= 4 is 11.7 Å². The van der Waals surface area contributed by atoms with Crippen LogP contribution < -0.4 is 15.4 Å². The van der Waals surface area contributed by atoms with Gasteiger partial charge in [-0.1, -0.05) is 12.1 Å². The number of amides is 1. The lowest BCUT2D eigenvalue weighted by atomic mass is 10.1. The van der Waals surface area contributed by atoms with E-state index in [4.69, 9.17) is 4.74 Å². The lowest BCUT2D eigenvalue weighted by Crippen LogP contribution is -2.27. The van der Waals surface area contributed by atoms with E-state index in [-0.39, 0.29) is 5.91 Å². The van der Waals surface area contributed by atoms with Crippen LogP contribution in [-0.4, -0.2) is 61.6 Å². The van der Waals surface area contributed by atoms with Crippen LogP contribution in [0, 0.1) is 0 Å². The number of ether oxygens (including phenoxy) is 1. The van der Waals surface area contributed by atoms with E-state index in [1.165, 1.54) is 6.20 Å². The van der Waals surface area contributed by atoms with Crippen LogP contribution in [0.1, 0.15) is 16.1 Å². The third-order valence-corrected chi connectivity index (χ3v) is 3.58. The lowest BCUT2D eigenvalue weighted by molar-refractivity contribution is 0.0949. The monoisotopic (exact) mass is 343 g/mol. The largest absolute Gasteiger partial charge is 0.497 e. The van der Waals surface area contributed by atoms with Gasteiger partial charge in [0, 0.05) is 19.6 Å². The Morgan fingerprint density at radius 3 is 2.72 bits per heavy atom. The lowest BCUT2D eigenvalue weighted by Gasteiger charge is -2.10. The predicted octanol–water partition coefficient (Wildman–Crippen LogP) is 1.43. The SMILES string of the molecule is COc1cccc(CCNC(=O)c2cnc(NCCN(C)C)cn2)c1. The number of anilines is 1. The molecule has 1 heterocycles. The molecule has 0 saturated carbocycles. The Morgan fingerprint density at radius 1 is 1.20 bits per heavy atom. The first-order valence-electron chi connectivity index (χ1n) is 8.20. The number of aromatic nitrogens is 2. The Labute approximate surface area is 148 Å². The van der Waals surface area contributed by atoms with Crippen LogP contribution in [0.4, 0.5) is 5.82 Å². The van der Waals surface area contributed by atoms with Gasteiger partial charge in [-0.05, 0) is 38.2 Å². The van der Waals surface area contributed by atoms with Gasteiger partial charge in [-0.2, -0.15) is 0 Å². The highest BCUT2D eigenvalue weighted by Crippen LogP contribution is 2.12. The summed E-state index contributed by atoms with van der Waals surface area (Å²) < 4.78 is 5.19. The summed E-state index contributed by atoms with van der Waals surface area (Å²) in [4.78, 5) is 22.6. The molecule has 7 nitrogen and oxygen atoms in total. The molecule has 0 bridgehead atoms. The maximum absolute atomic E-state index is 12.1. The van der Waals surface area contributed by atoms with Crippen molar-refractivity contribution in [3.05, 3.63) is 47.9 Å². The van der Waals surface area contributed by atoms with E-state index in [2.05, 4.69) is 25.5 Å². The molecular weight excluding hydrogens is 318 g/mol. The highest BCUT2D eigenvalue weighted by atomic mass is 16.5. The third kappa shape index (κ3) is 6.39. The molecule has 0 aliphatic heterocycles. The van der Waals surface area contributed by atoms with Gasteiger partial charge in [0.15, 0.2) is 0 Å². The summed E-state index contributed by atoms with van der Waals surface area (Å²) in [5.41, 5.74) is 1.41. The molecule has 0 unspecified atom stereocenters. The van der Waals surface area contributed by atoms with Crippen molar-refractivity contribution in [2.75, 3.05) is 46.2 Å². The van der Waals surface area contributed by atoms with Gasteiger partial charge in [0.25, 0.3) is 5.91 Å². The van der Waals surface area contributed by atoms with Crippen molar-refractivity contribution < 1.29 is 9.53 Å². The number of nitrogens with zero attached hydrogens (tertiary/aromatic N) is 3. The number of carbonyl (C=O) groups is 1. The maximum atomic E-state index is 12.1. The van der Waals surface area contributed by atoms with E-state index in [1.807, 2.05) is 38.4 Å². The van der Waals surface area contributed by atoms with Gasteiger partial charge >= 0.3 is 0 Å². The first-order valence-corrected chi connectivity index (χ1v) is 8.20. The van der Waals surface area contributed by atoms with Gasteiger partial charge in [0.2, 0.25) is 0 Å². The minimum atomic E-state index is -0.227. The maximum Gasteiger partial charge on any atom is 0.271 e. The molecule has 1 amide bonds. The zero-order valence-electron chi connectivity index (χ0n) is 15.0. The van der Waals surface area contributed by atoms with Crippen molar-refractivity contribution in [1.29, 1.82) is 0 Å². The average molecular weight is 343 g/mol. The Morgan fingerprint density at radius 2 is 2.04 bits per heavy atom. The summed E-state index contributed by atoms with van der Waals surface area (Å²) in [5, 5.41) is 6.01. The standard InChI is InChI=1S/C18H25N5O2/c1-23(2)10-9-19-17-13-21-16(12-22-17)18(24)20-8-7-14-5-4-6-15(11-14)25-3/h4-6,11-13H,7-10H2,1-3H3,(H,19,22)(H,20,24). The van der Waals surface area contributed by atoms with Crippen LogP contribution in [0.5, 0.6) is 5.75 Å². The number of likely N-dealkylation sites (N-methyl/N-ethyl adjacent to an activating group) is 1. The van der Waals surface area contributed by atoms with Crippen LogP contribution in [-0.2, 0) is 6.42 Å². The first kappa shape index (κ1) is 18.7. The fourth-order valence-corrected chi connectivity index (χ4v) is 2.18. The number of hydrogen-bond acceptors (Lipinski definition) is 6. The highest BCUT2D eigenvalue weighted by Gasteiger charge is 2.07. The minimum absolute atomic E-state index is 0.227. The molecule has 2 N–H and O–H groups in total. The molecule has 0 fully saturated rings. The molecule has 2 aromatic rings. The molecule has 1 aromatic heterocycles. The number of nitrogens with one attached hydrogen (secondary N) is 2. The second kappa shape index (κ2) is 9.58. The normalized spacial score (nSPS) is 10.6. The van der Waals surface area contributed by atoms with Crippen molar-refractivity contribution in [3.8, 4) is 5.75 Å². The molecule has 0 radical (unpaired) electrons. The van der Waals surface area contributed by atoms with Crippen molar-refractivity contribution in [2.24, 2.45) is 0 Å². The van der Waals surface area contributed by atoms with E-state index in [0.717, 1.165) is 30.8 Å². The topological polar surface area (TPSA) is 79.4 Å². The van der Waals surface area contributed by atoms with Crippen molar-refractivity contribution in [2.45, 2.75) is 6.42 Å². The molecule has 0 aliphatic rings. The molecule has 0 spiro atoms. The Balaban J connectivity index is 1.78. The average Bonchev–Trinajstić information content (AvgIpc) is 2.62. The quantitative estimate of drug-likeness (QED) is 0.717. The molecule has 134 valence electrons.